The normalized spacial score (nSPS) is 45.5. The Morgan fingerprint density at radius 3 is 2.25 bits per heavy atom. The molecule has 32 heavy (non-hydrogen) atoms. The van der Waals surface area contributed by atoms with Crippen molar-refractivity contribution in [2.24, 2.45) is 58.2 Å². The van der Waals surface area contributed by atoms with Crippen LogP contribution in [0.1, 0.15) is 119 Å². The van der Waals surface area contributed by atoms with Gasteiger partial charge in [0.25, 0.3) is 0 Å². The maximum Gasteiger partial charge on any atom is 0.302 e. The van der Waals surface area contributed by atoms with Gasteiger partial charge in [-0.15, -0.1) is 0 Å². The molecule has 0 heterocycles. The van der Waals surface area contributed by atoms with Gasteiger partial charge in [-0.1, -0.05) is 54.4 Å². The van der Waals surface area contributed by atoms with E-state index in [1.54, 1.807) is 6.92 Å². The van der Waals surface area contributed by atoms with E-state index in [2.05, 4.69) is 41.5 Å². The minimum atomic E-state index is -0.0883. The van der Waals surface area contributed by atoms with Crippen LogP contribution in [-0.4, -0.2) is 12.1 Å². The van der Waals surface area contributed by atoms with Crippen LogP contribution in [0.25, 0.3) is 0 Å². The minimum Gasteiger partial charge on any atom is -0.463 e. The van der Waals surface area contributed by atoms with E-state index in [9.17, 15) is 4.79 Å². The number of hydrogen-bond donors (Lipinski definition) is 0. The largest absolute Gasteiger partial charge is 0.463 e. The number of rotatable bonds is 6. The lowest BCUT2D eigenvalue weighted by Gasteiger charge is -2.61. The van der Waals surface area contributed by atoms with Crippen LogP contribution < -0.4 is 0 Å². The van der Waals surface area contributed by atoms with E-state index in [0.29, 0.717) is 10.8 Å². The molecule has 0 saturated heterocycles. The Kier molecular flexibility index (Phi) is 7.11. The van der Waals surface area contributed by atoms with E-state index in [0.717, 1.165) is 60.2 Å². The van der Waals surface area contributed by atoms with Gasteiger partial charge < -0.3 is 4.74 Å². The molecule has 0 aliphatic heterocycles. The van der Waals surface area contributed by atoms with Gasteiger partial charge in [-0.25, -0.2) is 0 Å². The molecule has 0 radical (unpaired) electrons. The number of esters is 1. The van der Waals surface area contributed by atoms with E-state index in [4.69, 9.17) is 4.74 Å². The van der Waals surface area contributed by atoms with Gasteiger partial charge in [-0.05, 0) is 116 Å². The fourth-order valence-electron chi connectivity index (χ4n) is 9.60. The van der Waals surface area contributed by atoms with Gasteiger partial charge in [-0.3, -0.25) is 4.79 Å². The molecule has 0 bridgehead atoms. The van der Waals surface area contributed by atoms with Crippen molar-refractivity contribution in [2.45, 2.75) is 125 Å². The van der Waals surface area contributed by atoms with Crippen molar-refractivity contribution in [1.82, 2.24) is 0 Å². The third-order valence-corrected chi connectivity index (χ3v) is 11.9. The maximum absolute atomic E-state index is 11.5. The summed E-state index contributed by atoms with van der Waals surface area (Å²) in [6.07, 6.45) is 15.2. The second-order valence-corrected chi connectivity index (χ2v) is 13.7. The first-order chi connectivity index (χ1) is 15.1. The Morgan fingerprint density at radius 2 is 1.56 bits per heavy atom. The molecule has 0 aromatic heterocycles. The molecular weight excluding hydrogens is 392 g/mol. The highest BCUT2D eigenvalue weighted by atomic mass is 16.5. The smallest absolute Gasteiger partial charge is 0.302 e. The Morgan fingerprint density at radius 1 is 0.875 bits per heavy atom. The van der Waals surface area contributed by atoms with Crippen molar-refractivity contribution in [1.29, 1.82) is 0 Å². The van der Waals surface area contributed by atoms with Crippen LogP contribution in [0.15, 0.2) is 0 Å². The van der Waals surface area contributed by atoms with Crippen LogP contribution in [0.5, 0.6) is 0 Å². The molecule has 0 N–H and O–H groups in total. The van der Waals surface area contributed by atoms with Crippen LogP contribution in [0.4, 0.5) is 0 Å². The summed E-state index contributed by atoms with van der Waals surface area (Å²) in [5.74, 6) is 6.99. The predicted octanol–water partition coefficient (Wildman–Crippen LogP) is 8.29. The van der Waals surface area contributed by atoms with Crippen LogP contribution in [0.2, 0.25) is 0 Å². The molecule has 4 rings (SSSR count). The van der Waals surface area contributed by atoms with E-state index >= 15 is 0 Å². The third kappa shape index (κ3) is 4.31. The quantitative estimate of drug-likeness (QED) is 0.385. The second-order valence-electron chi connectivity index (χ2n) is 13.7. The summed E-state index contributed by atoms with van der Waals surface area (Å²) >= 11 is 0. The topological polar surface area (TPSA) is 26.3 Å². The zero-order valence-electron chi connectivity index (χ0n) is 22.3. The lowest BCUT2D eigenvalue weighted by atomic mass is 9.44. The fourth-order valence-corrected chi connectivity index (χ4v) is 9.60. The Hall–Kier alpha value is -0.530. The average Bonchev–Trinajstić information content (AvgIpc) is 3.08. The highest BCUT2D eigenvalue weighted by Crippen LogP contribution is 2.68. The number of hydrogen-bond acceptors (Lipinski definition) is 2. The summed E-state index contributed by atoms with van der Waals surface area (Å²) in [5, 5.41) is 0. The van der Waals surface area contributed by atoms with Crippen molar-refractivity contribution < 1.29 is 9.53 Å². The molecule has 0 spiro atoms. The second kappa shape index (κ2) is 9.26. The van der Waals surface area contributed by atoms with E-state index in [1.165, 1.54) is 57.8 Å². The summed E-state index contributed by atoms with van der Waals surface area (Å²) in [6.45, 7) is 16.7. The highest BCUT2D eigenvalue weighted by molar-refractivity contribution is 5.66. The van der Waals surface area contributed by atoms with Crippen LogP contribution in [0, 0.1) is 58.2 Å². The van der Waals surface area contributed by atoms with Gasteiger partial charge in [0.05, 0.1) is 0 Å². The van der Waals surface area contributed by atoms with Crippen molar-refractivity contribution >= 4 is 5.97 Å². The molecule has 4 saturated carbocycles. The van der Waals surface area contributed by atoms with Crippen molar-refractivity contribution in [3.63, 3.8) is 0 Å². The average molecular weight is 445 g/mol. The first kappa shape index (κ1) is 24.6. The maximum atomic E-state index is 11.5. The van der Waals surface area contributed by atoms with Crippen LogP contribution in [-0.2, 0) is 9.53 Å². The molecule has 10 atom stereocenters. The molecule has 2 nitrogen and oxygen atoms in total. The van der Waals surface area contributed by atoms with E-state index in [-0.39, 0.29) is 12.1 Å². The zero-order chi connectivity index (χ0) is 23.3. The Balaban J connectivity index is 1.43. The molecule has 0 aromatic rings. The van der Waals surface area contributed by atoms with Gasteiger partial charge in [0.15, 0.2) is 0 Å². The molecule has 4 fully saturated rings. The standard InChI is InChI=1S/C30H52O2/c1-19(2)20(3)8-9-21(4)26-12-13-27-25-11-10-23-18-24(32-22(5)31)14-16-29(23,6)28(25)15-17-30(26,27)7/h19-21,23-28H,8-18H2,1-7H3/t20-,21+,23-,24+,25-,26-,27+,28+,29-,30-/m0/s1. The molecule has 2 heteroatoms. The van der Waals surface area contributed by atoms with Crippen molar-refractivity contribution in [3.8, 4) is 0 Å². The molecule has 0 aromatic carbocycles. The third-order valence-electron chi connectivity index (χ3n) is 11.9. The summed E-state index contributed by atoms with van der Waals surface area (Å²) < 4.78 is 5.66. The lowest BCUT2D eigenvalue weighted by molar-refractivity contribution is -0.160. The van der Waals surface area contributed by atoms with E-state index < -0.39 is 0 Å². The lowest BCUT2D eigenvalue weighted by Crippen LogP contribution is -2.54. The minimum absolute atomic E-state index is 0.0883. The van der Waals surface area contributed by atoms with Gasteiger partial charge in [0, 0.05) is 6.92 Å². The van der Waals surface area contributed by atoms with Crippen LogP contribution >= 0.6 is 0 Å². The number of ether oxygens (including phenoxy) is 1. The number of fused-ring (bicyclic) bond motifs is 5. The monoisotopic (exact) mass is 444 g/mol. The summed E-state index contributed by atoms with van der Waals surface area (Å²) in [6, 6.07) is 0. The van der Waals surface area contributed by atoms with E-state index in [1.807, 2.05) is 0 Å². The van der Waals surface area contributed by atoms with Gasteiger partial charge in [0.2, 0.25) is 0 Å². The number of carbonyl (C=O) groups is 1. The first-order valence-corrected chi connectivity index (χ1v) is 14.2. The SMILES string of the molecule is CC(=O)O[C@@H]1CC[C@@]2(C)[C@@H](CC[C@@H]3[C@H]2CC[C@]2(C)[C@@H]3CC[C@H]2[C@H](C)CC[C@H](C)C(C)C)C1. The zero-order valence-corrected chi connectivity index (χ0v) is 22.3. The summed E-state index contributed by atoms with van der Waals surface area (Å²) in [4.78, 5) is 11.5. The predicted molar refractivity (Wildman–Crippen MR) is 133 cm³/mol. The summed E-state index contributed by atoms with van der Waals surface area (Å²) in [5.41, 5.74) is 1.07. The first-order valence-electron chi connectivity index (χ1n) is 14.2. The van der Waals surface area contributed by atoms with Gasteiger partial charge in [-0.2, -0.15) is 0 Å². The molecular formula is C30H52O2. The molecule has 0 unspecified atom stereocenters. The molecule has 0 amide bonds. The molecule has 4 aliphatic carbocycles. The van der Waals surface area contributed by atoms with Crippen molar-refractivity contribution in [3.05, 3.63) is 0 Å². The van der Waals surface area contributed by atoms with Crippen LogP contribution in [0.3, 0.4) is 0 Å². The molecule has 4 aliphatic rings. The molecule has 184 valence electrons. The van der Waals surface area contributed by atoms with Gasteiger partial charge >= 0.3 is 5.97 Å². The fraction of sp³-hybridized carbons (Fsp3) is 0.967. The highest BCUT2D eigenvalue weighted by Gasteiger charge is 2.60. The van der Waals surface area contributed by atoms with Crippen molar-refractivity contribution in [2.75, 3.05) is 0 Å². The van der Waals surface area contributed by atoms with Gasteiger partial charge in [0.1, 0.15) is 6.10 Å². The Labute approximate surface area is 199 Å². The Bertz CT molecular complexity index is 670. The summed E-state index contributed by atoms with van der Waals surface area (Å²) in [7, 11) is 0. The number of carbonyl (C=O) groups excluding carboxylic acids is 1.